The number of fused-ring (bicyclic) bond motifs is 3. The Morgan fingerprint density at radius 1 is 1.00 bits per heavy atom. The highest BCUT2D eigenvalue weighted by Gasteiger charge is 2.22. The number of hydrogen-bond donors (Lipinski definition) is 0. The number of methoxy groups -OCH3 is 2. The van der Waals surface area contributed by atoms with E-state index in [1.54, 1.807) is 14.2 Å². The molecule has 2 heterocycles. The highest BCUT2D eigenvalue weighted by atomic mass is 16.5. The van der Waals surface area contributed by atoms with Gasteiger partial charge in [-0.2, -0.15) is 0 Å². The molecule has 0 unspecified atom stereocenters. The van der Waals surface area contributed by atoms with Gasteiger partial charge >= 0.3 is 0 Å². The predicted octanol–water partition coefficient (Wildman–Crippen LogP) is 3.34. The Kier molecular flexibility index (Phi) is 3.52. The Labute approximate surface area is 134 Å². The van der Waals surface area contributed by atoms with Gasteiger partial charge in [0.25, 0.3) is 0 Å². The van der Waals surface area contributed by atoms with E-state index in [2.05, 4.69) is 15.2 Å². The van der Waals surface area contributed by atoms with Crippen LogP contribution in [-0.4, -0.2) is 33.8 Å². The Morgan fingerprint density at radius 2 is 1.74 bits per heavy atom. The van der Waals surface area contributed by atoms with Crippen molar-refractivity contribution in [3.8, 4) is 11.5 Å². The Balaban J connectivity index is 1.89. The molecule has 0 atom stereocenters. The van der Waals surface area contributed by atoms with Crippen LogP contribution in [0, 0.1) is 0 Å². The molecule has 1 aliphatic carbocycles. The van der Waals surface area contributed by atoms with E-state index in [1.807, 2.05) is 22.9 Å². The van der Waals surface area contributed by atoms with Gasteiger partial charge in [0.05, 0.1) is 19.7 Å². The van der Waals surface area contributed by atoms with Crippen LogP contribution in [0.5, 0.6) is 11.5 Å². The Hall–Kier alpha value is -2.37. The minimum absolute atomic E-state index is 0.484. The summed E-state index contributed by atoms with van der Waals surface area (Å²) in [6, 6.07) is 3.80. The smallest absolute Gasteiger partial charge is 0.171 e. The van der Waals surface area contributed by atoms with Crippen LogP contribution in [0.4, 0.5) is 0 Å². The maximum absolute atomic E-state index is 5.41. The van der Waals surface area contributed by atoms with Gasteiger partial charge in [-0.3, -0.25) is 4.40 Å². The Morgan fingerprint density at radius 3 is 2.48 bits per heavy atom. The molecule has 1 fully saturated rings. The first-order valence-corrected chi connectivity index (χ1v) is 8.07. The summed E-state index contributed by atoms with van der Waals surface area (Å²) >= 11 is 0. The second-order valence-corrected chi connectivity index (χ2v) is 6.06. The van der Waals surface area contributed by atoms with Crippen molar-refractivity contribution >= 4 is 16.6 Å². The van der Waals surface area contributed by atoms with Crippen LogP contribution in [-0.2, 0) is 0 Å². The van der Waals surface area contributed by atoms with Crippen LogP contribution >= 0.6 is 0 Å². The summed E-state index contributed by atoms with van der Waals surface area (Å²) in [5.41, 5.74) is 1.66. The van der Waals surface area contributed by atoms with Crippen molar-refractivity contribution in [2.24, 2.45) is 0 Å². The lowest BCUT2D eigenvalue weighted by Crippen LogP contribution is -2.09. The summed E-state index contributed by atoms with van der Waals surface area (Å²) in [5.74, 6) is 2.86. The summed E-state index contributed by atoms with van der Waals surface area (Å²) in [4.78, 5) is 4.57. The topological polar surface area (TPSA) is 61.5 Å². The summed E-state index contributed by atoms with van der Waals surface area (Å²) in [6.07, 6.45) is 8.06. The summed E-state index contributed by atoms with van der Waals surface area (Å²) in [5, 5.41) is 9.83. The molecule has 23 heavy (non-hydrogen) atoms. The van der Waals surface area contributed by atoms with E-state index in [4.69, 9.17) is 9.47 Å². The lowest BCUT2D eigenvalue weighted by atomic mass is 9.89. The monoisotopic (exact) mass is 312 g/mol. The fourth-order valence-electron chi connectivity index (χ4n) is 3.51. The van der Waals surface area contributed by atoms with Crippen molar-refractivity contribution < 1.29 is 9.47 Å². The molecule has 0 N–H and O–H groups in total. The number of benzene rings is 1. The first kappa shape index (κ1) is 14.2. The average Bonchev–Trinajstić information content (AvgIpc) is 3.05. The molecule has 1 aromatic carbocycles. The van der Waals surface area contributed by atoms with E-state index in [9.17, 15) is 0 Å². The largest absolute Gasteiger partial charge is 0.493 e. The van der Waals surface area contributed by atoms with Gasteiger partial charge in [0.15, 0.2) is 17.1 Å². The zero-order valence-electron chi connectivity index (χ0n) is 13.5. The van der Waals surface area contributed by atoms with E-state index in [-0.39, 0.29) is 0 Å². The first-order chi connectivity index (χ1) is 11.3. The molecular formula is C17H20N4O2. The van der Waals surface area contributed by atoms with Crippen LogP contribution in [0.2, 0.25) is 0 Å². The number of rotatable bonds is 3. The van der Waals surface area contributed by atoms with E-state index in [1.165, 1.54) is 32.1 Å². The third kappa shape index (κ3) is 2.29. The van der Waals surface area contributed by atoms with Crippen molar-refractivity contribution in [2.45, 2.75) is 38.0 Å². The minimum atomic E-state index is 0.484. The quantitative estimate of drug-likeness (QED) is 0.742. The molecule has 0 aliphatic heterocycles. The lowest BCUT2D eigenvalue weighted by Gasteiger charge is -2.19. The standard InChI is InChI=1S/C17H20N4O2/c1-22-14-8-12-13(9-15(14)23-2)18-10-21-16(19-20-17(12)21)11-6-4-3-5-7-11/h8-11H,3-7H2,1-2H3. The second kappa shape index (κ2) is 5.68. The van der Waals surface area contributed by atoms with Gasteiger partial charge in [-0.25, -0.2) is 4.98 Å². The van der Waals surface area contributed by atoms with Crippen LogP contribution in [0.15, 0.2) is 18.5 Å². The van der Waals surface area contributed by atoms with Crippen molar-refractivity contribution in [3.63, 3.8) is 0 Å². The van der Waals surface area contributed by atoms with E-state index >= 15 is 0 Å². The second-order valence-electron chi connectivity index (χ2n) is 6.06. The van der Waals surface area contributed by atoms with Crippen LogP contribution in [0.25, 0.3) is 16.6 Å². The van der Waals surface area contributed by atoms with Crippen molar-refractivity contribution in [1.82, 2.24) is 19.6 Å². The van der Waals surface area contributed by atoms with Crippen molar-refractivity contribution in [1.29, 1.82) is 0 Å². The van der Waals surface area contributed by atoms with Crippen LogP contribution in [0.3, 0.4) is 0 Å². The number of hydrogen-bond acceptors (Lipinski definition) is 5. The maximum Gasteiger partial charge on any atom is 0.171 e. The van der Waals surface area contributed by atoms with E-state index in [0.717, 1.165) is 22.4 Å². The molecular weight excluding hydrogens is 292 g/mol. The molecule has 0 spiro atoms. The number of ether oxygens (including phenoxy) is 2. The van der Waals surface area contributed by atoms with Crippen LogP contribution < -0.4 is 9.47 Å². The minimum Gasteiger partial charge on any atom is -0.493 e. The molecule has 6 heteroatoms. The predicted molar refractivity (Wildman–Crippen MR) is 87.2 cm³/mol. The van der Waals surface area contributed by atoms with Gasteiger partial charge in [-0.1, -0.05) is 19.3 Å². The molecule has 2 aromatic heterocycles. The zero-order valence-corrected chi connectivity index (χ0v) is 13.5. The molecule has 3 aromatic rings. The number of nitrogens with zero attached hydrogens (tertiary/aromatic N) is 4. The Bertz CT molecular complexity index is 853. The fourth-order valence-corrected chi connectivity index (χ4v) is 3.51. The van der Waals surface area contributed by atoms with Gasteiger partial charge in [-0.15, -0.1) is 10.2 Å². The molecule has 120 valence electrons. The normalized spacial score (nSPS) is 16.1. The summed E-state index contributed by atoms with van der Waals surface area (Å²) < 4.78 is 12.8. The molecule has 0 bridgehead atoms. The zero-order chi connectivity index (χ0) is 15.8. The molecule has 6 nitrogen and oxygen atoms in total. The van der Waals surface area contributed by atoms with Gasteiger partial charge in [0.1, 0.15) is 12.2 Å². The van der Waals surface area contributed by atoms with E-state index < -0.39 is 0 Å². The highest BCUT2D eigenvalue weighted by molar-refractivity contribution is 5.93. The SMILES string of the molecule is COc1cc2ncn3c(C4CCCCC4)nnc3c2cc1OC. The summed E-state index contributed by atoms with van der Waals surface area (Å²) in [6.45, 7) is 0. The molecule has 0 amide bonds. The fraction of sp³-hybridized carbons (Fsp3) is 0.471. The summed E-state index contributed by atoms with van der Waals surface area (Å²) in [7, 11) is 3.26. The molecule has 0 radical (unpaired) electrons. The highest BCUT2D eigenvalue weighted by Crippen LogP contribution is 2.35. The molecule has 1 saturated carbocycles. The van der Waals surface area contributed by atoms with Crippen molar-refractivity contribution in [2.75, 3.05) is 14.2 Å². The average molecular weight is 312 g/mol. The van der Waals surface area contributed by atoms with Gasteiger partial charge < -0.3 is 9.47 Å². The molecule has 0 saturated heterocycles. The third-order valence-electron chi connectivity index (χ3n) is 4.75. The molecule has 1 aliphatic rings. The third-order valence-corrected chi connectivity index (χ3v) is 4.75. The van der Waals surface area contributed by atoms with Gasteiger partial charge in [-0.05, 0) is 18.9 Å². The van der Waals surface area contributed by atoms with Gasteiger partial charge in [0.2, 0.25) is 0 Å². The maximum atomic E-state index is 5.41. The van der Waals surface area contributed by atoms with Crippen molar-refractivity contribution in [3.05, 3.63) is 24.3 Å². The number of aromatic nitrogens is 4. The first-order valence-electron chi connectivity index (χ1n) is 8.07. The molecule has 4 rings (SSSR count). The van der Waals surface area contributed by atoms with Crippen LogP contribution in [0.1, 0.15) is 43.8 Å². The van der Waals surface area contributed by atoms with E-state index in [0.29, 0.717) is 17.4 Å². The van der Waals surface area contributed by atoms with Gasteiger partial charge in [0, 0.05) is 17.4 Å². The lowest BCUT2D eigenvalue weighted by molar-refractivity contribution is 0.356.